The molecule has 0 heterocycles. The van der Waals surface area contributed by atoms with Gasteiger partial charge in [-0.25, -0.2) is 0 Å². The van der Waals surface area contributed by atoms with Gasteiger partial charge in [0, 0.05) is 18.4 Å². The van der Waals surface area contributed by atoms with Gasteiger partial charge in [0.15, 0.2) is 0 Å². The second kappa shape index (κ2) is 9.95. The maximum Gasteiger partial charge on any atom is 0.313 e. The van der Waals surface area contributed by atoms with Crippen LogP contribution in [0.5, 0.6) is 0 Å². The molecule has 128 valence electrons. The summed E-state index contributed by atoms with van der Waals surface area (Å²) in [6, 6.07) is 7.50. The lowest BCUT2D eigenvalue weighted by Gasteiger charge is -2.27. The molecule has 1 rings (SSSR count). The molecule has 0 saturated heterocycles. The molecule has 1 unspecified atom stereocenters. The molecule has 1 aromatic carbocycles. The summed E-state index contributed by atoms with van der Waals surface area (Å²) in [7, 11) is 0. The van der Waals surface area contributed by atoms with Crippen molar-refractivity contribution < 1.29 is 14.3 Å². The zero-order chi connectivity index (χ0) is 18.0. The molecule has 0 bridgehead atoms. The Morgan fingerprint density at radius 1 is 1.29 bits per heavy atom. The number of esters is 1. The van der Waals surface area contributed by atoms with Crippen LogP contribution in [0.25, 0.3) is 6.08 Å². The van der Waals surface area contributed by atoms with E-state index in [2.05, 4.69) is 11.8 Å². The van der Waals surface area contributed by atoms with Gasteiger partial charge in [0.2, 0.25) is 5.78 Å². The van der Waals surface area contributed by atoms with Crippen LogP contribution in [0.4, 0.5) is 0 Å². The molecule has 0 aromatic heterocycles. The molecule has 0 spiro atoms. The highest BCUT2D eigenvalue weighted by Gasteiger charge is 2.36. The molecular weight excluding hydrogens is 324 g/mol. The molecule has 0 amide bonds. The average Bonchev–Trinajstić information content (AvgIpc) is 2.55. The average molecular weight is 347 g/mol. The molecule has 0 aliphatic carbocycles. The first-order chi connectivity index (χ1) is 11.4. The fraction of sp³-hybridized carbons (Fsp3) is 0.400. The van der Waals surface area contributed by atoms with E-state index in [9.17, 15) is 9.59 Å². The van der Waals surface area contributed by atoms with Gasteiger partial charge in [-0.15, -0.1) is 0 Å². The quantitative estimate of drug-likeness (QED) is 0.409. The first kappa shape index (κ1) is 20.0. The van der Waals surface area contributed by atoms with E-state index in [4.69, 9.17) is 16.3 Å². The number of ether oxygens (including phenoxy) is 1. The summed E-state index contributed by atoms with van der Waals surface area (Å²) in [5.74, 6) is 4.83. The van der Waals surface area contributed by atoms with E-state index in [1.165, 1.54) is 6.92 Å². The maximum atomic E-state index is 12.4. The van der Waals surface area contributed by atoms with Crippen LogP contribution in [0.3, 0.4) is 0 Å². The van der Waals surface area contributed by atoms with Crippen molar-refractivity contribution in [1.29, 1.82) is 0 Å². The highest BCUT2D eigenvalue weighted by Crippen LogP contribution is 2.33. The summed E-state index contributed by atoms with van der Waals surface area (Å²) in [6.07, 6.45) is 5.14. The third kappa shape index (κ3) is 5.86. The number of rotatable bonds is 7. The molecule has 0 fully saturated rings. The van der Waals surface area contributed by atoms with Crippen molar-refractivity contribution in [1.82, 2.24) is 0 Å². The number of ketones is 1. The van der Waals surface area contributed by atoms with E-state index in [-0.39, 0.29) is 18.2 Å². The van der Waals surface area contributed by atoms with Crippen LogP contribution in [-0.4, -0.2) is 18.4 Å². The Hall–Kier alpha value is -2.05. The molecule has 1 aromatic rings. The predicted molar refractivity (Wildman–Crippen MR) is 97.5 cm³/mol. The molecule has 3 nitrogen and oxygen atoms in total. The Morgan fingerprint density at radius 3 is 2.58 bits per heavy atom. The number of allylic oxidation sites excluding steroid dienone is 1. The van der Waals surface area contributed by atoms with E-state index >= 15 is 0 Å². The van der Waals surface area contributed by atoms with Crippen LogP contribution in [-0.2, 0) is 14.3 Å². The van der Waals surface area contributed by atoms with Gasteiger partial charge in [0.05, 0.1) is 12.0 Å². The van der Waals surface area contributed by atoms with E-state index in [1.54, 1.807) is 6.92 Å². The standard InChI is InChI=1S/C20H23ClO3/c1-4-20(19(23)24-5-2,14-8-10-16(3)22)15-9-12-17-11-6-7-13-18(17)21/h6-7,9,11-13H,4-5,14-15H2,1-3H3/b12-9+. The van der Waals surface area contributed by atoms with Crippen molar-refractivity contribution in [2.75, 3.05) is 6.61 Å². The fourth-order valence-corrected chi connectivity index (χ4v) is 2.48. The van der Waals surface area contributed by atoms with E-state index in [1.807, 2.05) is 43.3 Å². The number of halogens is 1. The van der Waals surface area contributed by atoms with Gasteiger partial charge in [-0.1, -0.05) is 54.8 Å². The zero-order valence-electron chi connectivity index (χ0n) is 14.4. The molecule has 1 atom stereocenters. The zero-order valence-corrected chi connectivity index (χ0v) is 15.2. The van der Waals surface area contributed by atoms with Crippen LogP contribution in [0, 0.1) is 17.3 Å². The first-order valence-electron chi connectivity index (χ1n) is 8.03. The Kier molecular flexibility index (Phi) is 8.29. The lowest BCUT2D eigenvalue weighted by Crippen LogP contribution is -2.32. The third-order valence-electron chi connectivity index (χ3n) is 3.79. The minimum atomic E-state index is -0.754. The van der Waals surface area contributed by atoms with E-state index < -0.39 is 5.41 Å². The van der Waals surface area contributed by atoms with Crippen molar-refractivity contribution in [2.45, 2.75) is 40.0 Å². The van der Waals surface area contributed by atoms with Gasteiger partial charge < -0.3 is 4.74 Å². The van der Waals surface area contributed by atoms with Crippen LogP contribution < -0.4 is 0 Å². The molecule has 4 heteroatoms. The number of carbonyl (C=O) groups excluding carboxylic acids is 2. The summed E-state index contributed by atoms with van der Waals surface area (Å²) in [5, 5.41) is 0.656. The Morgan fingerprint density at radius 2 is 2.00 bits per heavy atom. The van der Waals surface area contributed by atoms with E-state index in [0.29, 0.717) is 24.5 Å². The van der Waals surface area contributed by atoms with Crippen LogP contribution in [0.1, 0.15) is 45.6 Å². The van der Waals surface area contributed by atoms with Crippen molar-refractivity contribution in [3.05, 3.63) is 40.9 Å². The number of carbonyl (C=O) groups is 2. The molecule has 0 saturated carbocycles. The maximum absolute atomic E-state index is 12.4. The van der Waals surface area contributed by atoms with Gasteiger partial charge in [0.25, 0.3) is 0 Å². The minimum Gasteiger partial charge on any atom is -0.466 e. The van der Waals surface area contributed by atoms with Crippen molar-refractivity contribution in [3.63, 3.8) is 0 Å². The van der Waals surface area contributed by atoms with Crippen LogP contribution in [0.15, 0.2) is 30.3 Å². The Labute approximate surface area is 149 Å². The Balaban J connectivity index is 3.00. The predicted octanol–water partition coefficient (Wildman–Crippen LogP) is 4.69. The monoisotopic (exact) mass is 346 g/mol. The molecule has 24 heavy (non-hydrogen) atoms. The first-order valence-corrected chi connectivity index (χ1v) is 8.40. The molecule has 0 radical (unpaired) electrons. The molecular formula is C20H23ClO3. The van der Waals surface area contributed by atoms with E-state index in [0.717, 1.165) is 5.56 Å². The van der Waals surface area contributed by atoms with Crippen molar-refractivity contribution in [3.8, 4) is 11.8 Å². The van der Waals surface area contributed by atoms with Gasteiger partial charge in [0.1, 0.15) is 0 Å². The second-order valence-electron chi connectivity index (χ2n) is 5.52. The normalized spacial score (nSPS) is 13.0. The second-order valence-corrected chi connectivity index (χ2v) is 5.92. The fourth-order valence-electron chi connectivity index (χ4n) is 2.29. The van der Waals surface area contributed by atoms with Crippen LogP contribution in [0.2, 0.25) is 5.02 Å². The van der Waals surface area contributed by atoms with Gasteiger partial charge in [-0.2, -0.15) is 0 Å². The molecule has 0 aliphatic heterocycles. The van der Waals surface area contributed by atoms with Gasteiger partial charge >= 0.3 is 5.97 Å². The Bertz CT molecular complexity index is 667. The number of benzene rings is 1. The number of hydrogen-bond acceptors (Lipinski definition) is 3. The molecule has 0 N–H and O–H groups in total. The van der Waals surface area contributed by atoms with Crippen molar-refractivity contribution >= 4 is 29.4 Å². The lowest BCUT2D eigenvalue weighted by molar-refractivity contribution is -0.155. The summed E-state index contributed by atoms with van der Waals surface area (Å²) in [5.41, 5.74) is 0.138. The summed E-state index contributed by atoms with van der Waals surface area (Å²) < 4.78 is 5.23. The topological polar surface area (TPSA) is 43.4 Å². The van der Waals surface area contributed by atoms with Gasteiger partial charge in [-0.3, -0.25) is 9.59 Å². The van der Waals surface area contributed by atoms with Crippen molar-refractivity contribution in [2.24, 2.45) is 5.41 Å². The number of hydrogen-bond donors (Lipinski definition) is 0. The summed E-state index contributed by atoms with van der Waals surface area (Å²) in [4.78, 5) is 23.5. The SMILES string of the molecule is CCOC(=O)C(CC)(CC#CC(C)=O)C/C=C/c1ccccc1Cl. The van der Waals surface area contributed by atoms with Gasteiger partial charge in [-0.05, 0) is 37.3 Å². The smallest absolute Gasteiger partial charge is 0.313 e. The lowest BCUT2D eigenvalue weighted by atomic mass is 9.78. The highest BCUT2D eigenvalue weighted by molar-refractivity contribution is 6.32. The largest absolute Gasteiger partial charge is 0.466 e. The minimum absolute atomic E-state index is 0.213. The molecule has 0 aliphatic rings. The summed E-state index contributed by atoms with van der Waals surface area (Å²) in [6.45, 7) is 5.42. The number of Topliss-reactive ketones (excluding diaryl/α,β-unsaturated/α-hetero) is 1. The van der Waals surface area contributed by atoms with Crippen LogP contribution >= 0.6 is 11.6 Å². The third-order valence-corrected chi connectivity index (χ3v) is 4.13. The highest BCUT2D eigenvalue weighted by atomic mass is 35.5. The summed E-state index contributed by atoms with van der Waals surface area (Å²) >= 11 is 6.14.